The van der Waals surface area contributed by atoms with Crippen molar-refractivity contribution in [2.24, 2.45) is 29.6 Å². The molecule has 0 aliphatic heterocycles. The third kappa shape index (κ3) is 15.8. The van der Waals surface area contributed by atoms with Crippen LogP contribution in [0.2, 0.25) is 0 Å². The molecule has 276 valence electrons. The van der Waals surface area contributed by atoms with Crippen LogP contribution in [-0.2, 0) is 40.7 Å². The van der Waals surface area contributed by atoms with Crippen LogP contribution in [-0.4, -0.2) is 101 Å². The zero-order valence-electron chi connectivity index (χ0n) is 29.2. The highest BCUT2D eigenvalue weighted by molar-refractivity contribution is 5.95. The van der Waals surface area contributed by atoms with Crippen LogP contribution in [0.5, 0.6) is 5.88 Å². The molecule has 9 N–H and O–H groups in total. The largest absolute Gasteiger partial charge is 0.481 e. The Bertz CT molecular complexity index is 1300. The van der Waals surface area contributed by atoms with E-state index in [1.807, 2.05) is 13.8 Å². The number of primary amides is 1. The maximum absolute atomic E-state index is 13.5. The van der Waals surface area contributed by atoms with Crippen LogP contribution < -0.4 is 37.5 Å². The molecule has 0 unspecified atom stereocenters. The number of nitrogens with one attached hydrogen (secondary N) is 4. The minimum Gasteiger partial charge on any atom is -0.481 e. The smallest absolute Gasteiger partial charge is 0.303 e. The van der Waals surface area contributed by atoms with Gasteiger partial charge in [-0.15, -0.1) is 0 Å². The molecule has 5 amide bonds. The second-order valence-corrected chi connectivity index (χ2v) is 12.0. The highest BCUT2D eigenvalue weighted by Gasteiger charge is 2.31. The van der Waals surface area contributed by atoms with Crippen molar-refractivity contribution in [3.8, 4) is 5.88 Å². The summed E-state index contributed by atoms with van der Waals surface area (Å²) in [5.41, 5.74) is 12.3. The SMILES string of the molecule is COc1c(/C=N/OCCC[C@H](NC(C)=O)C(=O)N[C@@H](CCCCN)C(=O)N[C@@H](CC(C)C)C(=O)N[C@@H](CCC(=O)O)C(N)=O)c(C)nn1C. The molecule has 0 aliphatic carbocycles. The number of aryl methyl sites for hydroxylation is 2. The quantitative estimate of drug-likeness (QED) is 0.0406. The average Bonchev–Trinajstić information content (AvgIpc) is 3.29. The molecule has 0 spiro atoms. The van der Waals surface area contributed by atoms with Gasteiger partial charge >= 0.3 is 5.97 Å². The number of hydrogen-bond acceptors (Lipinski definition) is 11. The van der Waals surface area contributed by atoms with Crippen LogP contribution in [0.15, 0.2) is 5.16 Å². The summed E-state index contributed by atoms with van der Waals surface area (Å²) < 4.78 is 6.89. The van der Waals surface area contributed by atoms with E-state index in [0.717, 1.165) is 0 Å². The molecule has 1 aromatic rings. The van der Waals surface area contributed by atoms with Gasteiger partial charge in [-0.1, -0.05) is 19.0 Å². The first-order valence-corrected chi connectivity index (χ1v) is 16.2. The Kier molecular flexibility index (Phi) is 19.0. The number of unbranched alkanes of at least 4 members (excludes halogenated alkanes) is 1. The number of amides is 5. The van der Waals surface area contributed by atoms with E-state index in [-0.39, 0.29) is 38.2 Å². The molecule has 49 heavy (non-hydrogen) atoms. The molecule has 0 fully saturated rings. The summed E-state index contributed by atoms with van der Waals surface area (Å²) in [6.07, 6.45) is 2.74. The van der Waals surface area contributed by atoms with Gasteiger partial charge in [-0.05, 0) is 64.3 Å². The van der Waals surface area contributed by atoms with Crippen molar-refractivity contribution in [1.82, 2.24) is 31.0 Å². The number of oxime groups is 1. The van der Waals surface area contributed by atoms with Crippen molar-refractivity contribution in [3.05, 3.63) is 11.3 Å². The van der Waals surface area contributed by atoms with Crippen LogP contribution in [0.3, 0.4) is 0 Å². The zero-order valence-corrected chi connectivity index (χ0v) is 29.2. The van der Waals surface area contributed by atoms with Crippen molar-refractivity contribution in [3.63, 3.8) is 0 Å². The van der Waals surface area contributed by atoms with Gasteiger partial charge in [-0.2, -0.15) is 5.10 Å². The summed E-state index contributed by atoms with van der Waals surface area (Å²) in [7, 11) is 3.25. The molecule has 0 aromatic carbocycles. The van der Waals surface area contributed by atoms with Crippen molar-refractivity contribution < 1.29 is 43.4 Å². The Labute approximate surface area is 286 Å². The molecule has 18 heteroatoms. The first kappa shape index (κ1) is 42.3. The first-order valence-electron chi connectivity index (χ1n) is 16.2. The lowest BCUT2D eigenvalue weighted by atomic mass is 10.0. The number of ether oxygens (including phenoxy) is 1. The van der Waals surface area contributed by atoms with Gasteiger partial charge in [-0.25, -0.2) is 4.68 Å². The van der Waals surface area contributed by atoms with E-state index in [1.54, 1.807) is 18.7 Å². The van der Waals surface area contributed by atoms with Crippen molar-refractivity contribution in [1.29, 1.82) is 0 Å². The summed E-state index contributed by atoms with van der Waals surface area (Å²) in [6.45, 7) is 7.19. The zero-order chi connectivity index (χ0) is 37.1. The second-order valence-electron chi connectivity index (χ2n) is 12.0. The maximum atomic E-state index is 13.5. The Morgan fingerprint density at radius 3 is 2.04 bits per heavy atom. The molecule has 1 rings (SSSR count). The highest BCUT2D eigenvalue weighted by atomic mass is 16.6. The number of carbonyl (C=O) groups excluding carboxylic acids is 5. The van der Waals surface area contributed by atoms with Crippen molar-refractivity contribution >= 4 is 41.7 Å². The molecule has 0 radical (unpaired) electrons. The molecule has 1 heterocycles. The number of carboxylic acid groups (broad SMARTS) is 1. The van der Waals surface area contributed by atoms with Gasteiger partial charge in [0.05, 0.1) is 24.6 Å². The van der Waals surface area contributed by atoms with Crippen molar-refractivity contribution in [2.45, 2.75) is 103 Å². The van der Waals surface area contributed by atoms with Crippen LogP contribution in [0.1, 0.15) is 83.4 Å². The lowest BCUT2D eigenvalue weighted by Gasteiger charge is -2.27. The highest BCUT2D eigenvalue weighted by Crippen LogP contribution is 2.18. The van der Waals surface area contributed by atoms with Gasteiger partial charge in [0, 0.05) is 20.4 Å². The number of carboxylic acids is 1. The number of carbonyl (C=O) groups is 6. The Hall–Kier alpha value is -4.74. The van der Waals surface area contributed by atoms with E-state index in [2.05, 4.69) is 31.5 Å². The molecule has 0 saturated carbocycles. The van der Waals surface area contributed by atoms with Gasteiger partial charge in [0.25, 0.3) is 0 Å². The molecule has 0 aliphatic rings. The standard InChI is InChI=1S/C31H53N9O9/c1-18(2)16-25(30(47)36-22(27(33)44)12-13-26(42)43)38-29(46)24(10-7-8-14-32)37-28(45)23(35-20(4)41)11-9-15-49-34-17-21-19(3)39-40(5)31(21)48-6/h17-18,22-25H,7-16,32H2,1-6H3,(H2,33,44)(H,35,41)(H,36,47)(H,37,45)(H,38,46)(H,42,43)/b34-17+/t22-,23-,24-,25-/m0/s1. The monoisotopic (exact) mass is 695 g/mol. The van der Waals surface area contributed by atoms with Gasteiger partial charge < -0.3 is 47.4 Å². The van der Waals surface area contributed by atoms with Gasteiger partial charge in [0.2, 0.25) is 35.4 Å². The Morgan fingerprint density at radius 2 is 1.49 bits per heavy atom. The van der Waals surface area contributed by atoms with Gasteiger partial charge in [-0.3, -0.25) is 28.8 Å². The van der Waals surface area contributed by atoms with Crippen LogP contribution in [0.4, 0.5) is 0 Å². The van der Waals surface area contributed by atoms with E-state index in [4.69, 9.17) is 26.1 Å². The average molecular weight is 696 g/mol. The van der Waals surface area contributed by atoms with Crippen LogP contribution in [0.25, 0.3) is 0 Å². The molecular formula is C31H53N9O9. The predicted molar refractivity (Wildman–Crippen MR) is 179 cm³/mol. The number of hydrogen-bond donors (Lipinski definition) is 7. The molecular weight excluding hydrogens is 642 g/mol. The third-order valence-electron chi connectivity index (χ3n) is 7.31. The molecule has 18 nitrogen and oxygen atoms in total. The number of nitrogens with two attached hydrogens (primary N) is 2. The minimum absolute atomic E-state index is 0.0708. The van der Waals surface area contributed by atoms with E-state index >= 15 is 0 Å². The number of methoxy groups -OCH3 is 1. The Balaban J connectivity index is 3.00. The fourth-order valence-corrected chi connectivity index (χ4v) is 4.89. The van der Waals surface area contributed by atoms with Crippen LogP contribution in [0, 0.1) is 12.8 Å². The normalized spacial score (nSPS) is 13.6. The van der Waals surface area contributed by atoms with E-state index in [1.165, 1.54) is 20.2 Å². The lowest BCUT2D eigenvalue weighted by Crippen LogP contribution is -2.58. The number of rotatable bonds is 24. The fourth-order valence-electron chi connectivity index (χ4n) is 4.89. The molecule has 0 bridgehead atoms. The number of aliphatic carboxylic acids is 1. The summed E-state index contributed by atoms with van der Waals surface area (Å²) >= 11 is 0. The number of aromatic nitrogens is 2. The summed E-state index contributed by atoms with van der Waals surface area (Å²) in [5.74, 6) is -4.10. The first-order chi connectivity index (χ1) is 23.1. The fraction of sp³-hybridized carbons (Fsp3) is 0.677. The second kappa shape index (κ2) is 22.0. The summed E-state index contributed by atoms with van der Waals surface area (Å²) in [4.78, 5) is 80.2. The van der Waals surface area contributed by atoms with Gasteiger partial charge in [0.1, 0.15) is 30.8 Å². The van der Waals surface area contributed by atoms with E-state index < -0.39 is 66.1 Å². The molecule has 4 atom stereocenters. The van der Waals surface area contributed by atoms with Crippen molar-refractivity contribution in [2.75, 3.05) is 20.3 Å². The third-order valence-corrected chi connectivity index (χ3v) is 7.31. The molecule has 0 saturated heterocycles. The summed E-state index contributed by atoms with van der Waals surface area (Å²) in [5, 5.41) is 27.6. The minimum atomic E-state index is -1.26. The summed E-state index contributed by atoms with van der Waals surface area (Å²) in [6, 6.07) is -4.47. The predicted octanol–water partition coefficient (Wildman–Crippen LogP) is -0.648. The topological polar surface area (TPSA) is 271 Å². The number of nitrogens with zero attached hydrogens (tertiary/aromatic N) is 3. The maximum Gasteiger partial charge on any atom is 0.303 e. The van der Waals surface area contributed by atoms with Crippen LogP contribution >= 0.6 is 0 Å². The Morgan fingerprint density at radius 1 is 0.918 bits per heavy atom. The van der Waals surface area contributed by atoms with Gasteiger partial charge in [0.15, 0.2) is 0 Å². The van der Waals surface area contributed by atoms with E-state index in [0.29, 0.717) is 42.9 Å². The molecule has 1 aromatic heterocycles. The van der Waals surface area contributed by atoms with E-state index in [9.17, 15) is 28.8 Å². The lowest BCUT2D eigenvalue weighted by molar-refractivity contribution is -0.138.